The number of nitrogens with zero attached hydrogens (tertiary/aromatic N) is 2. The molecule has 5 heteroatoms. The Morgan fingerprint density at radius 1 is 1.39 bits per heavy atom. The first kappa shape index (κ1) is 11.9. The quantitative estimate of drug-likeness (QED) is 0.686. The van der Waals surface area contributed by atoms with Crippen LogP contribution in [0.2, 0.25) is 0 Å². The second-order valence-corrected chi connectivity index (χ2v) is 5.70. The lowest BCUT2D eigenvalue weighted by Crippen LogP contribution is -2.64. The fourth-order valence-corrected chi connectivity index (χ4v) is 3.69. The summed E-state index contributed by atoms with van der Waals surface area (Å²) in [5.74, 6) is 0.0509. The van der Waals surface area contributed by atoms with E-state index in [-0.39, 0.29) is 36.1 Å². The summed E-state index contributed by atoms with van der Waals surface area (Å²) in [4.78, 5) is 14.2. The number of piperidine rings is 2. The topological polar surface area (TPSA) is 76.4 Å². The maximum Gasteiger partial charge on any atom is 0.241 e. The molecule has 2 N–H and O–H groups in total. The molecule has 98 valence electrons. The number of aliphatic hydroxyl groups is 1. The summed E-state index contributed by atoms with van der Waals surface area (Å²) in [5, 5.41) is 22.4. The van der Waals surface area contributed by atoms with Gasteiger partial charge in [0.05, 0.1) is 18.2 Å². The van der Waals surface area contributed by atoms with Crippen molar-refractivity contribution in [2.75, 3.05) is 6.54 Å². The highest BCUT2D eigenvalue weighted by atomic mass is 16.3. The first-order valence-electron chi connectivity index (χ1n) is 6.85. The molecule has 5 nitrogen and oxygen atoms in total. The molecule has 3 heterocycles. The van der Waals surface area contributed by atoms with E-state index in [2.05, 4.69) is 11.4 Å². The maximum absolute atomic E-state index is 12.5. The largest absolute Gasteiger partial charge is 0.393 e. The molecule has 0 spiro atoms. The molecule has 1 aliphatic carbocycles. The fourth-order valence-electron chi connectivity index (χ4n) is 3.69. The van der Waals surface area contributed by atoms with Crippen LogP contribution in [-0.2, 0) is 4.79 Å². The first-order valence-corrected chi connectivity index (χ1v) is 6.85. The Labute approximate surface area is 107 Å². The molecule has 18 heavy (non-hydrogen) atoms. The molecule has 4 aliphatic rings. The monoisotopic (exact) mass is 249 g/mol. The van der Waals surface area contributed by atoms with Gasteiger partial charge < -0.3 is 15.3 Å². The summed E-state index contributed by atoms with van der Waals surface area (Å²) < 4.78 is 0. The lowest BCUT2D eigenvalue weighted by molar-refractivity contribution is -0.140. The number of carbonyl (C=O) groups is 1. The number of carbonyl (C=O) groups excluding carboxylic acids is 1. The third-order valence-electron chi connectivity index (χ3n) is 4.66. The van der Waals surface area contributed by atoms with Crippen LogP contribution in [0.15, 0.2) is 0 Å². The van der Waals surface area contributed by atoms with Crippen molar-refractivity contribution in [3.63, 3.8) is 0 Å². The van der Waals surface area contributed by atoms with Crippen LogP contribution in [0.3, 0.4) is 0 Å². The van der Waals surface area contributed by atoms with Crippen LogP contribution in [0, 0.1) is 17.2 Å². The van der Waals surface area contributed by atoms with Crippen molar-refractivity contribution in [3.8, 4) is 6.07 Å². The SMILES string of the molecule is N#C[C@@H]1CCCN1C(=O)[C@H]1NC2CC[C@@H]1[C@H](O)C2. The van der Waals surface area contributed by atoms with Crippen LogP contribution in [0.5, 0.6) is 0 Å². The molecular weight excluding hydrogens is 230 g/mol. The van der Waals surface area contributed by atoms with Crippen LogP contribution in [0.25, 0.3) is 0 Å². The van der Waals surface area contributed by atoms with Gasteiger partial charge in [-0.15, -0.1) is 0 Å². The van der Waals surface area contributed by atoms with Gasteiger partial charge in [-0.1, -0.05) is 0 Å². The minimum atomic E-state index is -0.359. The van der Waals surface area contributed by atoms with Crippen molar-refractivity contribution in [1.29, 1.82) is 5.26 Å². The van der Waals surface area contributed by atoms with E-state index >= 15 is 0 Å². The number of hydrogen-bond donors (Lipinski definition) is 2. The van der Waals surface area contributed by atoms with Gasteiger partial charge in [-0.3, -0.25) is 4.79 Å². The zero-order chi connectivity index (χ0) is 12.7. The third kappa shape index (κ3) is 1.80. The van der Waals surface area contributed by atoms with Crippen molar-refractivity contribution in [2.45, 2.75) is 56.3 Å². The minimum absolute atomic E-state index is 0.0208. The van der Waals surface area contributed by atoms with Crippen molar-refractivity contribution >= 4 is 5.91 Å². The highest BCUT2D eigenvalue weighted by molar-refractivity contribution is 5.83. The maximum atomic E-state index is 12.5. The lowest BCUT2D eigenvalue weighted by atomic mass is 9.74. The van der Waals surface area contributed by atoms with E-state index in [0.29, 0.717) is 6.54 Å². The number of fused-ring (bicyclic) bond motifs is 3. The molecule has 1 unspecified atom stereocenters. The molecule has 1 saturated carbocycles. The summed E-state index contributed by atoms with van der Waals surface area (Å²) in [7, 11) is 0. The lowest BCUT2D eigenvalue weighted by Gasteiger charge is -2.46. The summed E-state index contributed by atoms with van der Waals surface area (Å²) in [5.41, 5.74) is 0. The van der Waals surface area contributed by atoms with Gasteiger partial charge >= 0.3 is 0 Å². The van der Waals surface area contributed by atoms with E-state index in [9.17, 15) is 9.90 Å². The zero-order valence-electron chi connectivity index (χ0n) is 10.4. The number of amides is 1. The average Bonchev–Trinajstić information content (AvgIpc) is 2.86. The standard InChI is InChI=1S/C13H19N3O2/c14-7-9-2-1-5-16(9)13(18)12-10-4-3-8(15-12)6-11(10)17/h8-12,15,17H,1-6H2/t8?,9-,10+,11+,12-/m0/s1. The molecule has 4 fully saturated rings. The van der Waals surface area contributed by atoms with Gasteiger partial charge in [0.2, 0.25) is 5.91 Å². The highest BCUT2D eigenvalue weighted by Crippen LogP contribution is 2.35. The van der Waals surface area contributed by atoms with Crippen LogP contribution in [0.4, 0.5) is 0 Å². The second-order valence-electron chi connectivity index (χ2n) is 5.70. The molecule has 1 amide bonds. The molecule has 0 radical (unpaired) electrons. The predicted octanol–water partition coefficient (Wildman–Crippen LogP) is 0.00238. The van der Waals surface area contributed by atoms with E-state index in [1.165, 1.54) is 0 Å². The fraction of sp³-hybridized carbons (Fsp3) is 0.846. The van der Waals surface area contributed by atoms with Gasteiger partial charge in [0.1, 0.15) is 6.04 Å². The van der Waals surface area contributed by atoms with Gasteiger partial charge in [0.25, 0.3) is 0 Å². The molecule has 3 aliphatic heterocycles. The average molecular weight is 249 g/mol. The van der Waals surface area contributed by atoms with Crippen molar-refractivity contribution < 1.29 is 9.90 Å². The molecule has 3 saturated heterocycles. The van der Waals surface area contributed by atoms with Crippen LogP contribution in [-0.4, -0.2) is 46.7 Å². The van der Waals surface area contributed by atoms with Gasteiger partial charge in [-0.25, -0.2) is 0 Å². The number of nitriles is 1. The van der Waals surface area contributed by atoms with E-state index in [0.717, 1.165) is 32.1 Å². The summed E-state index contributed by atoms with van der Waals surface area (Å²) >= 11 is 0. The van der Waals surface area contributed by atoms with E-state index in [4.69, 9.17) is 5.26 Å². The van der Waals surface area contributed by atoms with E-state index in [1.807, 2.05) is 0 Å². The Hall–Kier alpha value is -1.12. The smallest absolute Gasteiger partial charge is 0.241 e. The number of nitrogens with one attached hydrogen (secondary N) is 1. The van der Waals surface area contributed by atoms with Crippen molar-refractivity contribution in [2.24, 2.45) is 5.92 Å². The molecule has 0 aromatic rings. The summed E-state index contributed by atoms with van der Waals surface area (Å²) in [6.07, 6.45) is 4.06. The Balaban J connectivity index is 1.75. The van der Waals surface area contributed by atoms with Crippen molar-refractivity contribution in [3.05, 3.63) is 0 Å². The van der Waals surface area contributed by atoms with E-state index in [1.54, 1.807) is 4.90 Å². The van der Waals surface area contributed by atoms with Gasteiger partial charge in [-0.05, 0) is 32.1 Å². The van der Waals surface area contributed by atoms with Crippen LogP contribution in [0.1, 0.15) is 32.1 Å². The Morgan fingerprint density at radius 2 is 2.22 bits per heavy atom. The Kier molecular flexibility index (Phi) is 3.00. The molecule has 4 rings (SSSR count). The molecule has 0 aromatic carbocycles. The van der Waals surface area contributed by atoms with Gasteiger partial charge in [0, 0.05) is 18.5 Å². The van der Waals surface area contributed by atoms with Crippen LogP contribution < -0.4 is 5.32 Å². The molecule has 0 aromatic heterocycles. The van der Waals surface area contributed by atoms with Crippen molar-refractivity contribution in [1.82, 2.24) is 10.2 Å². The Bertz CT molecular complexity index is 392. The number of likely N-dealkylation sites (tertiary alicyclic amines) is 1. The van der Waals surface area contributed by atoms with Gasteiger partial charge in [-0.2, -0.15) is 5.26 Å². The number of hydrogen-bond acceptors (Lipinski definition) is 4. The minimum Gasteiger partial charge on any atom is -0.393 e. The highest BCUT2D eigenvalue weighted by Gasteiger charge is 2.46. The third-order valence-corrected chi connectivity index (χ3v) is 4.66. The first-order chi connectivity index (χ1) is 8.70. The zero-order valence-corrected chi connectivity index (χ0v) is 10.4. The number of aliphatic hydroxyl groups excluding tert-OH is 1. The molecular formula is C13H19N3O2. The summed E-state index contributed by atoms with van der Waals surface area (Å²) in [6, 6.07) is 1.93. The predicted molar refractivity (Wildman–Crippen MR) is 64.4 cm³/mol. The molecule has 5 atom stereocenters. The van der Waals surface area contributed by atoms with Gasteiger partial charge in [0.15, 0.2) is 0 Å². The normalized spacial score (nSPS) is 42.9. The van der Waals surface area contributed by atoms with Crippen LogP contribution >= 0.6 is 0 Å². The molecule has 2 bridgehead atoms. The van der Waals surface area contributed by atoms with E-state index < -0.39 is 0 Å². The number of rotatable bonds is 1. The second kappa shape index (κ2) is 4.52. The Morgan fingerprint density at radius 3 is 2.89 bits per heavy atom. The summed E-state index contributed by atoms with van der Waals surface area (Å²) in [6.45, 7) is 0.683.